The number of primary amides is 1. The van der Waals surface area contributed by atoms with Crippen molar-refractivity contribution >= 4 is 23.7 Å². The quantitative estimate of drug-likeness (QED) is 0.586. The second kappa shape index (κ2) is 14.1. The molecular weight excluding hydrogens is 394 g/mol. The van der Waals surface area contributed by atoms with Gasteiger partial charge < -0.3 is 20.3 Å². The van der Waals surface area contributed by atoms with Crippen molar-refractivity contribution in [2.45, 2.75) is 84.8 Å². The lowest BCUT2D eigenvalue weighted by Crippen LogP contribution is -2.27. The molecule has 1 amide bonds. The monoisotopic (exact) mass is 429 g/mol. The highest BCUT2D eigenvalue weighted by atomic mass is 35.5. The van der Waals surface area contributed by atoms with Gasteiger partial charge in [-0.05, 0) is 64.3 Å². The van der Waals surface area contributed by atoms with Gasteiger partial charge in [-0.1, -0.05) is 44.2 Å². The lowest BCUT2D eigenvalue weighted by molar-refractivity contribution is -0.148. The fraction of sp³-hybridized carbons (Fsp3) is 0.636. The van der Waals surface area contributed by atoms with E-state index in [0.29, 0.717) is 11.4 Å². The second-order valence-corrected chi connectivity index (χ2v) is 8.49. The van der Waals surface area contributed by atoms with Gasteiger partial charge in [-0.25, -0.2) is 4.79 Å². The van der Waals surface area contributed by atoms with Crippen molar-refractivity contribution in [1.29, 1.82) is 0 Å². The summed E-state index contributed by atoms with van der Waals surface area (Å²) in [5, 5.41) is 9.34. The summed E-state index contributed by atoms with van der Waals surface area (Å²) in [7, 11) is 0. The van der Waals surface area contributed by atoms with Gasteiger partial charge in [0.05, 0.1) is 6.10 Å². The molecule has 1 aromatic carbocycles. The first kappa shape index (κ1) is 27.0. The Bertz CT molecular complexity index is 571. The number of aromatic hydroxyl groups is 1. The molecule has 1 aliphatic rings. The maximum atomic E-state index is 11.0. The van der Waals surface area contributed by atoms with Crippen LogP contribution >= 0.6 is 11.6 Å². The lowest BCUT2D eigenvalue weighted by atomic mass is 10.0. The number of benzene rings is 1. The first-order chi connectivity index (χ1) is 13.4. The van der Waals surface area contributed by atoms with Crippen molar-refractivity contribution in [1.82, 2.24) is 0 Å². The molecule has 1 aromatic rings. The molecule has 7 heteroatoms. The van der Waals surface area contributed by atoms with E-state index in [1.165, 1.54) is 25.7 Å². The summed E-state index contributed by atoms with van der Waals surface area (Å²) in [5.74, 6) is 0.986. The minimum Gasteiger partial charge on any atom is -0.508 e. The van der Waals surface area contributed by atoms with Crippen LogP contribution in [0.25, 0.3) is 0 Å². The molecule has 1 unspecified atom stereocenters. The zero-order valence-electron chi connectivity index (χ0n) is 18.2. The number of hydrogen-bond donors (Lipinski definition) is 2. The summed E-state index contributed by atoms with van der Waals surface area (Å²) >= 11 is 5.50. The first-order valence-electron chi connectivity index (χ1n) is 10.0. The van der Waals surface area contributed by atoms with E-state index in [1.54, 1.807) is 45.0 Å². The van der Waals surface area contributed by atoms with Gasteiger partial charge in [0, 0.05) is 11.4 Å². The zero-order valence-corrected chi connectivity index (χ0v) is 19.0. The molecule has 3 N–H and O–H groups in total. The third-order valence-electron chi connectivity index (χ3n) is 3.99. The first-order valence-corrected chi connectivity index (χ1v) is 10.4. The number of rotatable bonds is 4. The molecule has 0 saturated heterocycles. The van der Waals surface area contributed by atoms with Gasteiger partial charge in [0.15, 0.2) is 0 Å². The largest absolute Gasteiger partial charge is 0.508 e. The number of halogens is 1. The van der Waals surface area contributed by atoms with Gasteiger partial charge in [0.1, 0.15) is 11.4 Å². The van der Waals surface area contributed by atoms with Crippen LogP contribution in [0.5, 0.6) is 5.75 Å². The Hall–Kier alpha value is -1.95. The average Bonchev–Trinajstić information content (AvgIpc) is 3.09. The highest BCUT2D eigenvalue weighted by Crippen LogP contribution is 2.29. The molecule has 0 aromatic heterocycles. The minimum absolute atomic E-state index is 0.0644. The Balaban J connectivity index is 0.000000427. The van der Waals surface area contributed by atoms with Crippen molar-refractivity contribution in [3.63, 3.8) is 0 Å². The van der Waals surface area contributed by atoms with Crippen molar-refractivity contribution in [2.24, 2.45) is 11.7 Å². The Morgan fingerprint density at radius 3 is 2.07 bits per heavy atom. The number of hydrogen-bond acceptors (Lipinski definition) is 5. The van der Waals surface area contributed by atoms with Crippen molar-refractivity contribution in [2.75, 3.05) is 0 Å². The smallest absolute Gasteiger partial charge is 0.405 e. The molecule has 6 nitrogen and oxygen atoms in total. The number of amides is 1. The van der Waals surface area contributed by atoms with E-state index in [9.17, 15) is 9.59 Å². The summed E-state index contributed by atoms with van der Waals surface area (Å²) in [6.07, 6.45) is 6.33. The van der Waals surface area contributed by atoms with Gasteiger partial charge in [-0.15, -0.1) is 0 Å². The van der Waals surface area contributed by atoms with Crippen LogP contribution in [0, 0.1) is 5.92 Å². The predicted molar refractivity (Wildman–Crippen MR) is 116 cm³/mol. The zero-order chi connectivity index (χ0) is 22.4. The van der Waals surface area contributed by atoms with E-state index in [-0.39, 0.29) is 17.8 Å². The maximum absolute atomic E-state index is 11.0. The number of phenolic OH excluding ortho intramolecular Hbond substituents is 1. The molecule has 1 aliphatic carbocycles. The number of carbonyl (C=O) groups is 2. The average molecular weight is 430 g/mol. The van der Waals surface area contributed by atoms with Crippen LogP contribution in [0.4, 0.5) is 4.79 Å². The van der Waals surface area contributed by atoms with Crippen LogP contribution < -0.4 is 5.73 Å². The molecule has 0 heterocycles. The molecule has 166 valence electrons. The van der Waals surface area contributed by atoms with E-state index in [1.807, 2.05) is 13.8 Å². The number of carbonyl (C=O) groups excluding carboxylic acids is 2. The molecule has 29 heavy (non-hydrogen) atoms. The Labute approximate surface area is 179 Å². The third kappa shape index (κ3) is 16.7. The molecule has 2 rings (SSSR count). The summed E-state index contributed by atoms with van der Waals surface area (Å²) in [4.78, 5) is 21.0. The topological polar surface area (TPSA) is 98.9 Å². The molecular formula is C22H36ClNO5. The number of nitrogens with two attached hydrogens (primary N) is 1. The molecule has 1 fully saturated rings. The van der Waals surface area contributed by atoms with E-state index in [2.05, 4.69) is 4.74 Å². The summed E-state index contributed by atoms with van der Waals surface area (Å²) in [5.41, 5.74) is 4.26. The predicted octanol–water partition coefficient (Wildman–Crippen LogP) is 5.83. The van der Waals surface area contributed by atoms with Crippen molar-refractivity contribution < 1.29 is 24.2 Å². The van der Waals surface area contributed by atoms with Crippen molar-refractivity contribution in [3.05, 3.63) is 29.3 Å². The van der Waals surface area contributed by atoms with Gasteiger partial charge in [0.2, 0.25) is 0 Å². The van der Waals surface area contributed by atoms with Gasteiger partial charge in [-0.2, -0.15) is 0 Å². The van der Waals surface area contributed by atoms with Crippen molar-refractivity contribution in [3.8, 4) is 5.75 Å². The van der Waals surface area contributed by atoms with Crippen LogP contribution in [0.2, 0.25) is 5.02 Å². The van der Waals surface area contributed by atoms with Crippen LogP contribution in [0.3, 0.4) is 0 Å². The molecule has 1 atom stereocenters. The highest BCUT2D eigenvalue weighted by molar-refractivity contribution is 6.30. The third-order valence-corrected chi connectivity index (χ3v) is 4.25. The molecule has 0 bridgehead atoms. The van der Waals surface area contributed by atoms with E-state index in [4.69, 9.17) is 27.2 Å². The minimum atomic E-state index is -0.725. The molecule has 0 spiro atoms. The van der Waals surface area contributed by atoms with Crippen LogP contribution in [0.1, 0.15) is 73.1 Å². The van der Waals surface area contributed by atoms with Crippen LogP contribution in [-0.4, -0.2) is 28.9 Å². The summed E-state index contributed by atoms with van der Waals surface area (Å²) in [6, 6.07) is 6.36. The summed E-state index contributed by atoms with van der Waals surface area (Å²) < 4.78 is 9.80. The summed E-state index contributed by atoms with van der Waals surface area (Å²) in [6.45, 7) is 9.13. The molecule has 1 saturated carbocycles. The van der Waals surface area contributed by atoms with Gasteiger partial charge >= 0.3 is 12.1 Å². The Morgan fingerprint density at radius 2 is 1.72 bits per heavy atom. The normalized spacial score (nSPS) is 14.6. The number of ether oxygens (including phenoxy) is 2. The van der Waals surface area contributed by atoms with Crippen LogP contribution in [-0.2, 0) is 14.3 Å². The van der Waals surface area contributed by atoms with Crippen LogP contribution in [0.15, 0.2) is 24.3 Å². The standard InChI is InChI=1S/C11H20O2.C6H5ClO.C5H11NO2/c1-3-11(12)13-9(2)8-10-6-4-5-7-10;7-5-1-3-6(8)4-2-5;1-5(2,3)8-4(6)7/h9-10H,3-8H2,1-2H3;1-4,8H;1-3H3,(H2,6,7). The molecule has 0 radical (unpaired) electrons. The Kier molecular flexibility index (Phi) is 13.2. The Morgan fingerprint density at radius 1 is 1.21 bits per heavy atom. The number of phenols is 1. The van der Waals surface area contributed by atoms with Gasteiger partial charge in [-0.3, -0.25) is 4.79 Å². The highest BCUT2D eigenvalue weighted by Gasteiger charge is 2.19. The fourth-order valence-corrected chi connectivity index (χ4v) is 2.94. The maximum Gasteiger partial charge on any atom is 0.405 e. The SMILES string of the molecule is CC(C)(C)OC(N)=O.CCC(=O)OC(C)CC1CCCC1.Oc1ccc(Cl)cc1. The fourth-order valence-electron chi connectivity index (χ4n) is 2.81. The van der Waals surface area contributed by atoms with E-state index in [0.717, 1.165) is 12.3 Å². The second-order valence-electron chi connectivity index (χ2n) is 8.05. The lowest BCUT2D eigenvalue weighted by Gasteiger charge is -2.16. The van der Waals surface area contributed by atoms with Gasteiger partial charge in [0.25, 0.3) is 0 Å². The number of esters is 1. The van der Waals surface area contributed by atoms with E-state index >= 15 is 0 Å². The molecule has 0 aliphatic heterocycles. The van der Waals surface area contributed by atoms with E-state index < -0.39 is 11.7 Å².